The number of benzene rings is 1. The van der Waals surface area contributed by atoms with Crippen LogP contribution in [0.25, 0.3) is 31.2 Å². The summed E-state index contributed by atoms with van der Waals surface area (Å²) in [6.45, 7) is 8.97. The summed E-state index contributed by atoms with van der Waals surface area (Å²) in [5, 5.41) is 2.55. The lowest BCUT2D eigenvalue weighted by molar-refractivity contribution is 0.604. The highest BCUT2D eigenvalue weighted by Gasteiger charge is 2.21. The molecule has 0 saturated carbocycles. The van der Waals surface area contributed by atoms with Gasteiger partial charge in [0.1, 0.15) is 11.0 Å². The lowest BCUT2D eigenvalue weighted by Gasteiger charge is -2.14. The fourth-order valence-electron chi connectivity index (χ4n) is 2.51. The Hall–Kier alpha value is -1.04. The lowest BCUT2D eigenvalue weighted by Crippen LogP contribution is -2.07. The van der Waals surface area contributed by atoms with Gasteiger partial charge in [-0.05, 0) is 24.5 Å². The van der Waals surface area contributed by atoms with Crippen molar-refractivity contribution in [1.82, 2.24) is 8.75 Å². The summed E-state index contributed by atoms with van der Waals surface area (Å²) < 4.78 is 11.8. The van der Waals surface area contributed by atoms with Crippen molar-refractivity contribution in [3.63, 3.8) is 0 Å². The molecule has 0 N–H and O–H groups in total. The first-order valence-corrected chi connectivity index (χ1v) is 8.90. The van der Waals surface area contributed by atoms with Crippen molar-refractivity contribution in [1.29, 1.82) is 0 Å². The summed E-state index contributed by atoms with van der Waals surface area (Å²) in [5.41, 5.74) is 2.32. The predicted molar refractivity (Wildman–Crippen MR) is 91.6 cm³/mol. The molecule has 0 aliphatic heterocycles. The first-order chi connectivity index (χ1) is 9.45. The molecular formula is C15H14N2S3. The first kappa shape index (κ1) is 12.7. The van der Waals surface area contributed by atoms with Gasteiger partial charge in [-0.15, -0.1) is 22.7 Å². The van der Waals surface area contributed by atoms with Crippen LogP contribution in [-0.4, -0.2) is 8.75 Å². The second-order valence-electron chi connectivity index (χ2n) is 6.16. The number of aromatic nitrogens is 2. The minimum absolute atomic E-state index is 0.179. The molecule has 0 bridgehead atoms. The van der Waals surface area contributed by atoms with Crippen molar-refractivity contribution >= 4 is 65.6 Å². The van der Waals surface area contributed by atoms with Gasteiger partial charge in [0.2, 0.25) is 0 Å². The van der Waals surface area contributed by atoms with Crippen molar-refractivity contribution in [2.75, 3.05) is 0 Å². The standard InChI is InChI=1S/C15H14N2S3/c1-7-5-8-11-12(17-20-16-11)9-6-10(15(2,3)4)19-14(9)13(8)18-7/h5-6H,1-4H3. The van der Waals surface area contributed by atoms with Gasteiger partial charge in [0, 0.05) is 20.5 Å². The largest absolute Gasteiger partial charge is 0.172 e. The van der Waals surface area contributed by atoms with E-state index >= 15 is 0 Å². The number of thiophene rings is 2. The number of hydrogen-bond donors (Lipinski definition) is 0. The SMILES string of the molecule is Cc1cc2c3nsnc3c3cc(C(C)(C)C)sc3c2s1. The van der Waals surface area contributed by atoms with E-state index in [1.54, 1.807) is 0 Å². The van der Waals surface area contributed by atoms with Crippen LogP contribution in [0.5, 0.6) is 0 Å². The van der Waals surface area contributed by atoms with Gasteiger partial charge in [-0.3, -0.25) is 0 Å². The van der Waals surface area contributed by atoms with E-state index in [4.69, 9.17) is 0 Å². The van der Waals surface area contributed by atoms with E-state index in [2.05, 4.69) is 48.6 Å². The molecule has 0 unspecified atom stereocenters. The number of fused-ring (bicyclic) bond motifs is 6. The van der Waals surface area contributed by atoms with Crippen LogP contribution in [-0.2, 0) is 5.41 Å². The van der Waals surface area contributed by atoms with E-state index in [1.807, 2.05) is 22.7 Å². The van der Waals surface area contributed by atoms with Crippen molar-refractivity contribution in [2.24, 2.45) is 0 Å². The van der Waals surface area contributed by atoms with Crippen LogP contribution in [0.4, 0.5) is 0 Å². The second kappa shape index (κ2) is 4.00. The Morgan fingerprint density at radius 1 is 0.900 bits per heavy atom. The summed E-state index contributed by atoms with van der Waals surface area (Å²) >= 11 is 5.10. The molecule has 3 heterocycles. The quantitative estimate of drug-likeness (QED) is 0.414. The smallest absolute Gasteiger partial charge is 0.114 e. The highest BCUT2D eigenvalue weighted by atomic mass is 32.1. The monoisotopic (exact) mass is 318 g/mol. The van der Waals surface area contributed by atoms with Crippen molar-refractivity contribution in [3.05, 3.63) is 21.9 Å². The maximum Gasteiger partial charge on any atom is 0.114 e. The van der Waals surface area contributed by atoms with Gasteiger partial charge in [-0.25, -0.2) is 0 Å². The van der Waals surface area contributed by atoms with Crippen LogP contribution in [0.15, 0.2) is 12.1 Å². The molecule has 5 heteroatoms. The average molecular weight is 318 g/mol. The molecule has 0 aliphatic rings. The fraction of sp³-hybridized carbons (Fsp3) is 0.333. The molecule has 0 radical (unpaired) electrons. The van der Waals surface area contributed by atoms with Gasteiger partial charge in [-0.1, -0.05) is 20.8 Å². The van der Waals surface area contributed by atoms with Crippen molar-refractivity contribution in [2.45, 2.75) is 33.1 Å². The van der Waals surface area contributed by atoms with Crippen LogP contribution < -0.4 is 0 Å². The predicted octanol–water partition coefficient (Wildman–Crippen LogP) is 5.73. The van der Waals surface area contributed by atoms with Crippen LogP contribution in [0.2, 0.25) is 0 Å². The summed E-state index contributed by atoms with van der Waals surface area (Å²) in [6, 6.07) is 4.57. The molecule has 0 atom stereocenters. The van der Waals surface area contributed by atoms with Gasteiger partial charge in [0.15, 0.2) is 0 Å². The highest BCUT2D eigenvalue weighted by Crippen LogP contribution is 2.44. The summed E-state index contributed by atoms with van der Waals surface area (Å²) in [6.07, 6.45) is 0. The van der Waals surface area contributed by atoms with Gasteiger partial charge in [0.05, 0.1) is 21.1 Å². The Kier molecular flexibility index (Phi) is 2.53. The van der Waals surface area contributed by atoms with Crippen LogP contribution in [0.1, 0.15) is 30.5 Å². The maximum atomic E-state index is 4.54. The van der Waals surface area contributed by atoms with Crippen LogP contribution in [0, 0.1) is 6.92 Å². The van der Waals surface area contributed by atoms with E-state index in [0.29, 0.717) is 0 Å². The Morgan fingerprint density at radius 3 is 2.15 bits per heavy atom. The van der Waals surface area contributed by atoms with Gasteiger partial charge in [0.25, 0.3) is 0 Å². The molecule has 0 spiro atoms. The normalized spacial score (nSPS) is 13.0. The van der Waals surface area contributed by atoms with Gasteiger partial charge >= 0.3 is 0 Å². The minimum atomic E-state index is 0.179. The van der Waals surface area contributed by atoms with Crippen LogP contribution in [0.3, 0.4) is 0 Å². The van der Waals surface area contributed by atoms with Gasteiger partial charge < -0.3 is 0 Å². The zero-order valence-electron chi connectivity index (χ0n) is 11.8. The zero-order valence-corrected chi connectivity index (χ0v) is 14.2. The third-order valence-corrected chi connectivity index (χ3v) is 6.84. The maximum absolute atomic E-state index is 4.54. The molecule has 102 valence electrons. The van der Waals surface area contributed by atoms with E-state index in [1.165, 1.54) is 41.7 Å². The number of hydrogen-bond acceptors (Lipinski definition) is 5. The molecular weight excluding hydrogens is 304 g/mol. The molecule has 3 aromatic heterocycles. The Balaban J connectivity index is 2.28. The fourth-order valence-corrected chi connectivity index (χ4v) is 5.47. The Labute approximate surface area is 129 Å². The topological polar surface area (TPSA) is 25.8 Å². The molecule has 0 aliphatic carbocycles. The Morgan fingerprint density at radius 2 is 1.50 bits per heavy atom. The van der Waals surface area contributed by atoms with Crippen LogP contribution >= 0.6 is 34.4 Å². The number of aryl methyl sites for hydroxylation is 1. The number of rotatable bonds is 0. The summed E-state index contributed by atoms with van der Waals surface area (Å²) in [7, 11) is 0. The molecule has 4 rings (SSSR count). The van der Waals surface area contributed by atoms with Gasteiger partial charge in [-0.2, -0.15) is 8.75 Å². The van der Waals surface area contributed by atoms with Crippen molar-refractivity contribution in [3.8, 4) is 0 Å². The lowest BCUT2D eigenvalue weighted by atomic mass is 9.94. The molecule has 2 nitrogen and oxygen atoms in total. The van der Waals surface area contributed by atoms with E-state index in [0.717, 1.165) is 11.0 Å². The average Bonchev–Trinajstić information content (AvgIpc) is 3.01. The molecule has 0 fully saturated rings. The minimum Gasteiger partial charge on any atom is -0.172 e. The second-order valence-corrected chi connectivity index (χ2v) is 9.00. The molecule has 4 aromatic rings. The third-order valence-electron chi connectivity index (χ3n) is 3.53. The number of nitrogens with zero attached hydrogens (tertiary/aromatic N) is 2. The first-order valence-electron chi connectivity index (χ1n) is 6.53. The summed E-state index contributed by atoms with van der Waals surface area (Å²) in [4.78, 5) is 2.76. The highest BCUT2D eigenvalue weighted by molar-refractivity contribution is 7.27. The molecule has 1 aromatic carbocycles. The zero-order chi connectivity index (χ0) is 14.1. The van der Waals surface area contributed by atoms with E-state index in [-0.39, 0.29) is 5.41 Å². The van der Waals surface area contributed by atoms with Crippen molar-refractivity contribution < 1.29 is 0 Å². The van der Waals surface area contributed by atoms with E-state index in [9.17, 15) is 0 Å². The van der Waals surface area contributed by atoms with E-state index < -0.39 is 0 Å². The molecule has 0 saturated heterocycles. The Bertz CT molecular complexity index is 950. The third kappa shape index (κ3) is 1.66. The molecule has 0 amide bonds. The molecule has 20 heavy (non-hydrogen) atoms. The summed E-state index contributed by atoms with van der Waals surface area (Å²) in [5.74, 6) is 0.